The SMILES string of the molecule is CCOC(=O)c1cc(-c2ccc(C)cc2)n(CCCC(=O)Nc2cc(Cl)ccc2C)c1. The molecule has 2 aromatic carbocycles. The summed E-state index contributed by atoms with van der Waals surface area (Å²) in [4.78, 5) is 24.6. The number of anilines is 1. The highest BCUT2D eigenvalue weighted by atomic mass is 35.5. The van der Waals surface area contributed by atoms with Crippen molar-refractivity contribution in [3.05, 3.63) is 76.4 Å². The first-order valence-corrected chi connectivity index (χ1v) is 10.8. The molecule has 1 heterocycles. The van der Waals surface area contributed by atoms with Crippen molar-refractivity contribution in [2.45, 2.75) is 40.2 Å². The van der Waals surface area contributed by atoms with E-state index in [-0.39, 0.29) is 11.9 Å². The Morgan fingerprint density at radius 1 is 1.06 bits per heavy atom. The van der Waals surface area contributed by atoms with Crippen LogP contribution in [0.1, 0.15) is 41.3 Å². The Morgan fingerprint density at radius 3 is 2.52 bits per heavy atom. The molecular weight excluding hydrogens is 412 g/mol. The number of carbonyl (C=O) groups excluding carboxylic acids is 2. The number of hydrogen-bond donors (Lipinski definition) is 1. The van der Waals surface area contributed by atoms with E-state index >= 15 is 0 Å². The number of esters is 1. The fourth-order valence-electron chi connectivity index (χ4n) is 3.34. The Morgan fingerprint density at radius 2 is 1.81 bits per heavy atom. The average Bonchev–Trinajstić information content (AvgIpc) is 3.16. The number of aromatic nitrogens is 1. The van der Waals surface area contributed by atoms with E-state index in [0.717, 1.165) is 22.5 Å². The molecule has 0 bridgehead atoms. The van der Waals surface area contributed by atoms with Crippen LogP contribution in [-0.4, -0.2) is 23.1 Å². The van der Waals surface area contributed by atoms with Crippen LogP contribution in [-0.2, 0) is 16.1 Å². The van der Waals surface area contributed by atoms with Crippen molar-refractivity contribution in [2.24, 2.45) is 0 Å². The number of rotatable bonds is 8. The van der Waals surface area contributed by atoms with Crippen LogP contribution in [0.3, 0.4) is 0 Å². The summed E-state index contributed by atoms with van der Waals surface area (Å²) < 4.78 is 7.16. The molecule has 0 unspecified atom stereocenters. The number of nitrogens with one attached hydrogen (secondary N) is 1. The van der Waals surface area contributed by atoms with Crippen molar-refractivity contribution in [2.75, 3.05) is 11.9 Å². The molecule has 1 aromatic heterocycles. The van der Waals surface area contributed by atoms with E-state index in [1.807, 2.05) is 54.8 Å². The lowest BCUT2D eigenvalue weighted by Gasteiger charge is -2.11. The molecule has 1 amide bonds. The third kappa shape index (κ3) is 5.98. The highest BCUT2D eigenvalue weighted by molar-refractivity contribution is 6.31. The predicted octanol–water partition coefficient (Wildman–Crippen LogP) is 6.02. The maximum atomic E-state index is 12.4. The second-order valence-corrected chi connectivity index (χ2v) is 7.94. The Balaban J connectivity index is 1.70. The van der Waals surface area contributed by atoms with Crippen molar-refractivity contribution in [3.8, 4) is 11.3 Å². The average molecular weight is 439 g/mol. The van der Waals surface area contributed by atoms with Crippen LogP contribution in [0.4, 0.5) is 5.69 Å². The summed E-state index contributed by atoms with van der Waals surface area (Å²) in [6.07, 6.45) is 2.78. The number of amides is 1. The Bertz CT molecular complexity index is 1070. The topological polar surface area (TPSA) is 60.3 Å². The zero-order chi connectivity index (χ0) is 22.4. The Hall–Kier alpha value is -3.05. The molecule has 0 radical (unpaired) electrons. The van der Waals surface area contributed by atoms with Gasteiger partial charge < -0.3 is 14.6 Å². The van der Waals surface area contributed by atoms with E-state index in [1.54, 1.807) is 25.3 Å². The molecule has 0 saturated carbocycles. The van der Waals surface area contributed by atoms with Gasteiger partial charge in [0.25, 0.3) is 0 Å². The van der Waals surface area contributed by atoms with Crippen LogP contribution in [0.2, 0.25) is 5.02 Å². The standard InChI is InChI=1S/C25H27ClN2O3/c1-4-31-25(30)20-14-23(19-10-7-17(2)8-11-19)28(16-20)13-5-6-24(29)27-22-15-21(26)12-9-18(22)3/h7-12,14-16H,4-6,13H2,1-3H3,(H,27,29). The van der Waals surface area contributed by atoms with Crippen LogP contribution in [0.25, 0.3) is 11.3 Å². The van der Waals surface area contributed by atoms with Crippen LogP contribution >= 0.6 is 11.6 Å². The summed E-state index contributed by atoms with van der Waals surface area (Å²) in [5.41, 5.74) is 5.30. The molecular formula is C25H27ClN2O3. The molecule has 1 N–H and O–H groups in total. The molecule has 0 fully saturated rings. The smallest absolute Gasteiger partial charge is 0.339 e. The zero-order valence-electron chi connectivity index (χ0n) is 18.1. The molecule has 0 spiro atoms. The number of hydrogen-bond acceptors (Lipinski definition) is 3. The lowest BCUT2D eigenvalue weighted by Crippen LogP contribution is -2.13. The summed E-state index contributed by atoms with van der Waals surface area (Å²) in [6.45, 7) is 6.68. The quantitative estimate of drug-likeness (QED) is 0.437. The summed E-state index contributed by atoms with van der Waals surface area (Å²) >= 11 is 6.03. The lowest BCUT2D eigenvalue weighted by molar-refractivity contribution is -0.116. The number of ether oxygens (including phenoxy) is 1. The highest BCUT2D eigenvalue weighted by Gasteiger charge is 2.15. The number of aryl methyl sites for hydroxylation is 3. The van der Waals surface area contributed by atoms with Gasteiger partial charge in [-0.1, -0.05) is 47.5 Å². The predicted molar refractivity (Wildman–Crippen MR) is 125 cm³/mol. The summed E-state index contributed by atoms with van der Waals surface area (Å²) in [7, 11) is 0. The molecule has 162 valence electrons. The normalized spacial score (nSPS) is 10.7. The van der Waals surface area contributed by atoms with Gasteiger partial charge in [0.15, 0.2) is 0 Å². The van der Waals surface area contributed by atoms with Gasteiger partial charge in [0.05, 0.1) is 12.2 Å². The lowest BCUT2D eigenvalue weighted by atomic mass is 10.1. The van der Waals surface area contributed by atoms with Gasteiger partial charge in [-0.15, -0.1) is 0 Å². The summed E-state index contributed by atoms with van der Waals surface area (Å²) in [5.74, 6) is -0.413. The fraction of sp³-hybridized carbons (Fsp3) is 0.280. The van der Waals surface area contributed by atoms with Gasteiger partial charge in [-0.2, -0.15) is 0 Å². The molecule has 3 aromatic rings. The van der Waals surface area contributed by atoms with Gasteiger partial charge in [0.1, 0.15) is 0 Å². The monoisotopic (exact) mass is 438 g/mol. The molecule has 0 saturated heterocycles. The van der Waals surface area contributed by atoms with Crippen molar-refractivity contribution in [1.29, 1.82) is 0 Å². The molecule has 6 heteroatoms. The molecule has 0 aliphatic rings. The van der Waals surface area contributed by atoms with Crippen molar-refractivity contribution >= 4 is 29.2 Å². The van der Waals surface area contributed by atoms with E-state index in [4.69, 9.17) is 16.3 Å². The molecule has 0 aliphatic heterocycles. The van der Waals surface area contributed by atoms with E-state index in [9.17, 15) is 9.59 Å². The van der Waals surface area contributed by atoms with Gasteiger partial charge in [-0.25, -0.2) is 4.79 Å². The minimum Gasteiger partial charge on any atom is -0.462 e. The Labute approximate surface area is 188 Å². The largest absolute Gasteiger partial charge is 0.462 e. The second-order valence-electron chi connectivity index (χ2n) is 7.50. The number of halogens is 1. The third-order valence-corrected chi connectivity index (χ3v) is 5.27. The first kappa shape index (κ1) is 22.6. The third-order valence-electron chi connectivity index (χ3n) is 5.03. The first-order chi connectivity index (χ1) is 14.9. The molecule has 31 heavy (non-hydrogen) atoms. The van der Waals surface area contributed by atoms with E-state index < -0.39 is 0 Å². The number of carbonyl (C=O) groups is 2. The number of nitrogens with zero attached hydrogens (tertiary/aromatic N) is 1. The van der Waals surface area contributed by atoms with Gasteiger partial charge in [0, 0.05) is 35.6 Å². The minimum absolute atomic E-state index is 0.0694. The van der Waals surface area contributed by atoms with E-state index in [0.29, 0.717) is 36.6 Å². The number of benzene rings is 2. The van der Waals surface area contributed by atoms with Gasteiger partial charge in [-0.3, -0.25) is 4.79 Å². The van der Waals surface area contributed by atoms with Crippen LogP contribution < -0.4 is 5.32 Å². The molecule has 3 rings (SSSR count). The van der Waals surface area contributed by atoms with Crippen LogP contribution in [0.5, 0.6) is 0 Å². The second kappa shape index (κ2) is 10.3. The fourth-order valence-corrected chi connectivity index (χ4v) is 3.51. The van der Waals surface area contributed by atoms with E-state index in [2.05, 4.69) is 5.32 Å². The molecule has 5 nitrogen and oxygen atoms in total. The zero-order valence-corrected chi connectivity index (χ0v) is 18.8. The van der Waals surface area contributed by atoms with Crippen molar-refractivity contribution in [3.63, 3.8) is 0 Å². The van der Waals surface area contributed by atoms with Crippen molar-refractivity contribution in [1.82, 2.24) is 4.57 Å². The van der Waals surface area contributed by atoms with Gasteiger partial charge >= 0.3 is 5.97 Å². The van der Waals surface area contributed by atoms with Gasteiger partial charge in [-0.05, 0) is 56.5 Å². The Kier molecular flexibility index (Phi) is 7.53. The molecule has 0 atom stereocenters. The maximum absolute atomic E-state index is 12.4. The summed E-state index contributed by atoms with van der Waals surface area (Å²) in [5, 5.41) is 3.51. The van der Waals surface area contributed by atoms with Gasteiger partial charge in [0.2, 0.25) is 5.91 Å². The maximum Gasteiger partial charge on any atom is 0.339 e. The summed E-state index contributed by atoms with van der Waals surface area (Å²) in [6, 6.07) is 15.4. The molecule has 0 aliphatic carbocycles. The van der Waals surface area contributed by atoms with Crippen LogP contribution in [0, 0.1) is 13.8 Å². The minimum atomic E-state index is -0.344. The van der Waals surface area contributed by atoms with Crippen LogP contribution in [0.15, 0.2) is 54.7 Å². The van der Waals surface area contributed by atoms with Crippen molar-refractivity contribution < 1.29 is 14.3 Å². The highest BCUT2D eigenvalue weighted by Crippen LogP contribution is 2.25. The first-order valence-electron chi connectivity index (χ1n) is 10.4. The van der Waals surface area contributed by atoms with E-state index in [1.165, 1.54) is 5.56 Å².